The van der Waals surface area contributed by atoms with E-state index in [0.717, 1.165) is 24.2 Å². The van der Waals surface area contributed by atoms with Gasteiger partial charge in [0.2, 0.25) is 0 Å². The summed E-state index contributed by atoms with van der Waals surface area (Å²) in [6, 6.07) is 11.3. The van der Waals surface area contributed by atoms with Gasteiger partial charge in [-0.25, -0.2) is 0 Å². The summed E-state index contributed by atoms with van der Waals surface area (Å²) in [6.07, 6.45) is 0.700. The second-order valence-electron chi connectivity index (χ2n) is 7.95. The van der Waals surface area contributed by atoms with Crippen molar-refractivity contribution in [3.05, 3.63) is 64.2 Å². The number of amides is 1. The lowest BCUT2D eigenvalue weighted by molar-refractivity contribution is -0.133. The maximum atomic E-state index is 12.9. The third kappa shape index (κ3) is 3.61. The minimum atomic E-state index is -0.510. The Balaban J connectivity index is 0.00000218. The molecule has 1 amide bonds. The fourth-order valence-corrected chi connectivity index (χ4v) is 4.50. The zero-order valence-corrected chi connectivity index (χ0v) is 17.3. The molecule has 1 fully saturated rings. The van der Waals surface area contributed by atoms with Gasteiger partial charge in [-0.1, -0.05) is 24.3 Å². The molecule has 0 bridgehead atoms. The van der Waals surface area contributed by atoms with E-state index in [0.29, 0.717) is 37.3 Å². The fraction of sp³-hybridized carbons (Fsp3) is 0.348. The molecule has 1 unspecified atom stereocenters. The fourth-order valence-electron chi connectivity index (χ4n) is 4.50. The SMILES string of the molecule is Cl.O=C1CCC(N2Cc3c(OCc4ccc5c(c4)CNC5)cccc3C2=O)C(=O)C1. The van der Waals surface area contributed by atoms with Crippen molar-refractivity contribution in [1.82, 2.24) is 10.2 Å². The van der Waals surface area contributed by atoms with Crippen LogP contribution in [0.4, 0.5) is 0 Å². The molecule has 1 saturated carbocycles. The van der Waals surface area contributed by atoms with Crippen molar-refractivity contribution in [2.45, 2.75) is 51.5 Å². The molecule has 2 aromatic rings. The number of hydrogen-bond acceptors (Lipinski definition) is 5. The molecule has 0 saturated heterocycles. The standard InChI is InChI=1S/C23H22N2O4.ClH/c26-17-6-7-20(21(27)9-17)25-12-19-18(23(25)28)2-1-3-22(19)29-13-14-4-5-15-10-24-11-16(15)8-14;/h1-5,8,20,24H,6-7,9-13H2;1H. The molecule has 1 N–H and O–H groups in total. The molecule has 1 atom stereocenters. The van der Waals surface area contributed by atoms with Gasteiger partial charge in [0, 0.05) is 30.6 Å². The van der Waals surface area contributed by atoms with Gasteiger partial charge in [0.1, 0.15) is 18.1 Å². The molecular formula is C23H23ClN2O4. The second-order valence-corrected chi connectivity index (χ2v) is 7.95. The van der Waals surface area contributed by atoms with Gasteiger partial charge in [0.25, 0.3) is 5.91 Å². The van der Waals surface area contributed by atoms with Gasteiger partial charge in [-0.05, 0) is 35.2 Å². The summed E-state index contributed by atoms with van der Waals surface area (Å²) >= 11 is 0. The number of rotatable bonds is 4. The first-order chi connectivity index (χ1) is 14.1. The summed E-state index contributed by atoms with van der Waals surface area (Å²) in [5, 5.41) is 3.34. The minimum Gasteiger partial charge on any atom is -0.489 e. The molecular weight excluding hydrogens is 404 g/mol. The lowest BCUT2D eigenvalue weighted by Crippen LogP contribution is -2.44. The van der Waals surface area contributed by atoms with E-state index in [2.05, 4.69) is 23.5 Å². The Hall–Kier alpha value is -2.70. The topological polar surface area (TPSA) is 75.7 Å². The number of carbonyl (C=O) groups excluding carboxylic acids is 3. The van der Waals surface area contributed by atoms with Gasteiger partial charge in [0.15, 0.2) is 5.78 Å². The van der Waals surface area contributed by atoms with E-state index in [9.17, 15) is 14.4 Å². The molecule has 0 aromatic heterocycles. The number of nitrogens with one attached hydrogen (secondary N) is 1. The van der Waals surface area contributed by atoms with Crippen LogP contribution in [0.2, 0.25) is 0 Å². The predicted octanol–water partition coefficient (Wildman–Crippen LogP) is 2.94. The Kier molecular flexibility index (Phi) is 5.62. The first-order valence-electron chi connectivity index (χ1n) is 10.0. The first kappa shape index (κ1) is 20.6. The molecule has 30 heavy (non-hydrogen) atoms. The third-order valence-corrected chi connectivity index (χ3v) is 6.06. The molecule has 7 heteroatoms. The Morgan fingerprint density at radius 3 is 2.73 bits per heavy atom. The van der Waals surface area contributed by atoms with E-state index in [1.54, 1.807) is 11.0 Å². The summed E-state index contributed by atoms with van der Waals surface area (Å²) < 4.78 is 6.08. The first-order valence-corrected chi connectivity index (χ1v) is 10.0. The second kappa shape index (κ2) is 8.20. The quantitative estimate of drug-likeness (QED) is 0.761. The predicted molar refractivity (Wildman–Crippen MR) is 113 cm³/mol. The smallest absolute Gasteiger partial charge is 0.255 e. The van der Waals surface area contributed by atoms with Crippen molar-refractivity contribution >= 4 is 29.9 Å². The molecule has 6 nitrogen and oxygen atoms in total. The number of ketones is 2. The minimum absolute atomic E-state index is 0. The number of benzene rings is 2. The maximum Gasteiger partial charge on any atom is 0.255 e. The Morgan fingerprint density at radius 1 is 1.07 bits per heavy atom. The number of nitrogens with zero attached hydrogens (tertiary/aromatic N) is 1. The Labute approximate surface area is 181 Å². The molecule has 156 valence electrons. The van der Waals surface area contributed by atoms with E-state index < -0.39 is 6.04 Å². The zero-order valence-electron chi connectivity index (χ0n) is 16.5. The summed E-state index contributed by atoms with van der Waals surface area (Å²) in [4.78, 5) is 38.4. The highest BCUT2D eigenvalue weighted by atomic mass is 35.5. The molecule has 3 aliphatic rings. The zero-order chi connectivity index (χ0) is 20.0. The summed E-state index contributed by atoms with van der Waals surface area (Å²) in [5.41, 5.74) is 5.13. The van der Waals surface area contributed by atoms with Crippen LogP contribution in [0.25, 0.3) is 0 Å². The number of carbonyl (C=O) groups is 3. The summed E-state index contributed by atoms with van der Waals surface area (Å²) in [5.74, 6) is 0.332. The highest BCUT2D eigenvalue weighted by Crippen LogP contribution is 2.34. The average molecular weight is 427 g/mol. The highest BCUT2D eigenvalue weighted by Gasteiger charge is 2.39. The van der Waals surface area contributed by atoms with Gasteiger partial charge in [-0.3, -0.25) is 14.4 Å². The van der Waals surface area contributed by atoms with Gasteiger partial charge in [-0.15, -0.1) is 12.4 Å². The normalized spacial score (nSPS) is 20.1. The van der Waals surface area contributed by atoms with Crippen molar-refractivity contribution in [2.24, 2.45) is 0 Å². The molecule has 0 radical (unpaired) electrons. The number of Topliss-reactive ketones (excluding diaryl/α,β-unsaturated/α-hetero) is 2. The van der Waals surface area contributed by atoms with E-state index >= 15 is 0 Å². The van der Waals surface area contributed by atoms with Crippen LogP contribution in [0.15, 0.2) is 36.4 Å². The van der Waals surface area contributed by atoms with Crippen LogP contribution in [0, 0.1) is 0 Å². The van der Waals surface area contributed by atoms with Gasteiger partial charge in [0.05, 0.1) is 19.0 Å². The number of halogens is 1. The van der Waals surface area contributed by atoms with Crippen LogP contribution in [0.1, 0.15) is 51.9 Å². The van der Waals surface area contributed by atoms with Gasteiger partial charge in [-0.2, -0.15) is 0 Å². The molecule has 0 spiro atoms. The largest absolute Gasteiger partial charge is 0.489 e. The van der Waals surface area contributed by atoms with Crippen LogP contribution < -0.4 is 10.1 Å². The molecule has 5 rings (SSSR count). The van der Waals surface area contributed by atoms with Crippen LogP contribution in [-0.2, 0) is 35.8 Å². The van der Waals surface area contributed by atoms with Gasteiger partial charge < -0.3 is 15.0 Å². The Morgan fingerprint density at radius 2 is 1.90 bits per heavy atom. The number of fused-ring (bicyclic) bond motifs is 2. The van der Waals surface area contributed by atoms with E-state index in [1.165, 1.54) is 11.1 Å². The monoisotopic (exact) mass is 426 g/mol. The molecule has 2 heterocycles. The van der Waals surface area contributed by atoms with E-state index in [-0.39, 0.29) is 36.3 Å². The molecule has 2 aliphatic heterocycles. The number of ether oxygens (including phenoxy) is 1. The third-order valence-electron chi connectivity index (χ3n) is 6.06. The van der Waals surface area contributed by atoms with Gasteiger partial charge >= 0.3 is 0 Å². The summed E-state index contributed by atoms with van der Waals surface area (Å²) in [6.45, 7) is 2.56. The lowest BCUT2D eigenvalue weighted by Gasteiger charge is -2.29. The lowest BCUT2D eigenvalue weighted by atomic mass is 9.92. The van der Waals surface area contributed by atoms with Crippen molar-refractivity contribution in [3.8, 4) is 5.75 Å². The summed E-state index contributed by atoms with van der Waals surface area (Å²) in [7, 11) is 0. The van der Waals surface area contributed by atoms with Crippen molar-refractivity contribution < 1.29 is 19.1 Å². The highest BCUT2D eigenvalue weighted by molar-refractivity contribution is 6.07. The van der Waals surface area contributed by atoms with Crippen molar-refractivity contribution in [3.63, 3.8) is 0 Å². The average Bonchev–Trinajstić information content (AvgIpc) is 3.31. The van der Waals surface area contributed by atoms with Crippen LogP contribution in [0.5, 0.6) is 5.75 Å². The van der Waals surface area contributed by atoms with Crippen molar-refractivity contribution in [1.29, 1.82) is 0 Å². The Bertz CT molecular complexity index is 1040. The number of hydrogen-bond donors (Lipinski definition) is 1. The van der Waals surface area contributed by atoms with E-state index in [4.69, 9.17) is 4.74 Å². The van der Waals surface area contributed by atoms with Crippen LogP contribution >= 0.6 is 12.4 Å². The maximum absolute atomic E-state index is 12.9. The van der Waals surface area contributed by atoms with E-state index in [1.807, 2.05) is 12.1 Å². The molecule has 2 aromatic carbocycles. The van der Waals surface area contributed by atoms with Crippen LogP contribution in [-0.4, -0.2) is 28.4 Å². The van der Waals surface area contributed by atoms with Crippen molar-refractivity contribution in [2.75, 3.05) is 0 Å². The van der Waals surface area contributed by atoms with Crippen LogP contribution in [0.3, 0.4) is 0 Å². The molecule has 1 aliphatic carbocycles.